The molecule has 1 aliphatic heterocycles. The monoisotopic (exact) mass is 490 g/mol. The largest absolute Gasteiger partial charge is 0.363 e. The molecule has 3 N–H and O–H groups in total. The summed E-state index contributed by atoms with van der Waals surface area (Å²) in [5.41, 5.74) is 3.61. The Bertz CT molecular complexity index is 1490. The van der Waals surface area contributed by atoms with Gasteiger partial charge in [0.1, 0.15) is 5.82 Å². The Morgan fingerprint density at radius 3 is 2.69 bits per heavy atom. The van der Waals surface area contributed by atoms with Gasteiger partial charge in [-0.05, 0) is 38.7 Å². The molecule has 0 saturated heterocycles. The van der Waals surface area contributed by atoms with E-state index in [4.69, 9.17) is 9.10 Å². The zero-order valence-corrected chi connectivity index (χ0v) is 20.3. The zero-order valence-electron chi connectivity index (χ0n) is 23.3. The van der Waals surface area contributed by atoms with Crippen LogP contribution in [0.1, 0.15) is 70.7 Å². The fraction of sp³-hybridized carbons (Fsp3) is 0.440. The van der Waals surface area contributed by atoms with Crippen molar-refractivity contribution in [2.24, 2.45) is 13.0 Å². The summed E-state index contributed by atoms with van der Waals surface area (Å²) < 4.78 is 24.5. The number of rotatable bonds is 6. The van der Waals surface area contributed by atoms with Crippen LogP contribution in [0.15, 0.2) is 18.3 Å². The lowest BCUT2D eigenvalue weighted by molar-refractivity contribution is -0.117. The van der Waals surface area contributed by atoms with E-state index in [1.165, 1.54) is 6.07 Å². The van der Waals surface area contributed by atoms with Gasteiger partial charge in [-0.15, -0.1) is 10.2 Å². The van der Waals surface area contributed by atoms with Crippen molar-refractivity contribution in [2.75, 3.05) is 29.6 Å². The number of carbonyl (C=O) groups is 2. The van der Waals surface area contributed by atoms with Crippen molar-refractivity contribution < 1.29 is 13.7 Å². The predicted octanol–water partition coefficient (Wildman–Crippen LogP) is 3.11. The number of amides is 2. The van der Waals surface area contributed by atoms with Gasteiger partial charge in [0.15, 0.2) is 17.3 Å². The van der Waals surface area contributed by atoms with E-state index in [0.717, 1.165) is 54.1 Å². The van der Waals surface area contributed by atoms with Crippen LogP contribution in [0.2, 0.25) is 0 Å². The van der Waals surface area contributed by atoms with Crippen LogP contribution in [0.3, 0.4) is 0 Å². The summed E-state index contributed by atoms with van der Waals surface area (Å²) in [6, 6.07) is 3.37. The zero-order chi connectivity index (χ0) is 27.6. The molecule has 0 unspecified atom stereocenters. The second-order valence-corrected chi connectivity index (χ2v) is 9.71. The highest BCUT2D eigenvalue weighted by atomic mass is 16.2. The summed E-state index contributed by atoms with van der Waals surface area (Å²) in [7, 11) is 4.03. The van der Waals surface area contributed by atoms with Crippen molar-refractivity contribution in [1.82, 2.24) is 30.0 Å². The molecule has 2 fully saturated rings. The van der Waals surface area contributed by atoms with E-state index in [2.05, 4.69) is 49.3 Å². The minimum absolute atomic E-state index is 0.00969. The molecule has 2 aliphatic carbocycles. The minimum Gasteiger partial charge on any atom is -0.363 e. The molecule has 3 aromatic rings. The number of imidazole rings is 1. The highest BCUT2D eigenvalue weighted by Crippen LogP contribution is 2.49. The summed E-state index contributed by atoms with van der Waals surface area (Å²) in [5, 5.41) is 15.8. The lowest BCUT2D eigenvalue weighted by Gasteiger charge is -2.35. The highest BCUT2D eigenvalue weighted by Gasteiger charge is 2.37. The second kappa shape index (κ2) is 8.28. The van der Waals surface area contributed by atoms with E-state index in [1.807, 2.05) is 18.4 Å². The first-order valence-corrected chi connectivity index (χ1v) is 12.1. The average Bonchev–Trinajstić information content (AvgIpc) is 3.79. The van der Waals surface area contributed by atoms with Crippen LogP contribution in [0.4, 0.5) is 23.0 Å². The fourth-order valence-corrected chi connectivity index (χ4v) is 4.86. The van der Waals surface area contributed by atoms with Crippen LogP contribution < -0.4 is 20.9 Å². The molecule has 11 nitrogen and oxygen atoms in total. The standard InChI is InChI=1S/C25H29N9O2/c1-12-20-18(30-23(34(20)4)13-5-6-13)15-9-10-27-22(21(15)33(12)3)28-16-11-17(29-24(35)14-7-8-14)31-32-19(16)25(36)26-2/h9-14H,5-8H2,1-4H3,(H,26,36)(H2,27,28,29,31,35)/t12-/m0/s1/i2D3. The SMILES string of the molecule is [2H]C([2H])([2H])NC(=O)c1nnc(NC(=O)C2CC2)cc1Nc1nccc2c1N(C)[C@@H](C)c1c-2nc(C2CC2)n1C. The fourth-order valence-electron chi connectivity index (χ4n) is 4.86. The van der Waals surface area contributed by atoms with Gasteiger partial charge in [-0.25, -0.2) is 9.97 Å². The number of hydrogen-bond acceptors (Lipinski definition) is 8. The van der Waals surface area contributed by atoms with E-state index < -0.39 is 12.9 Å². The van der Waals surface area contributed by atoms with Crippen LogP contribution in [0, 0.1) is 5.92 Å². The van der Waals surface area contributed by atoms with Crippen molar-refractivity contribution in [3.8, 4) is 11.3 Å². The number of nitrogens with one attached hydrogen (secondary N) is 3. The molecule has 0 radical (unpaired) electrons. The molecule has 2 saturated carbocycles. The number of carbonyl (C=O) groups excluding carboxylic acids is 2. The van der Waals surface area contributed by atoms with Crippen molar-refractivity contribution in [2.45, 2.75) is 44.6 Å². The molecular formula is C25H29N9O2. The summed E-state index contributed by atoms with van der Waals surface area (Å²) in [6.07, 6.45) is 5.56. The summed E-state index contributed by atoms with van der Waals surface area (Å²) >= 11 is 0. The lowest BCUT2D eigenvalue weighted by Crippen LogP contribution is -2.29. The van der Waals surface area contributed by atoms with Crippen molar-refractivity contribution in [3.05, 3.63) is 35.5 Å². The first kappa shape index (κ1) is 19.2. The van der Waals surface area contributed by atoms with Crippen molar-refractivity contribution in [3.63, 3.8) is 0 Å². The van der Waals surface area contributed by atoms with Gasteiger partial charge >= 0.3 is 0 Å². The third-order valence-electron chi connectivity index (χ3n) is 7.20. The van der Waals surface area contributed by atoms with Gasteiger partial charge in [0, 0.05) is 54.8 Å². The van der Waals surface area contributed by atoms with Gasteiger partial charge in [0.25, 0.3) is 5.91 Å². The van der Waals surface area contributed by atoms with Crippen molar-refractivity contribution in [1.29, 1.82) is 0 Å². The van der Waals surface area contributed by atoms with Crippen molar-refractivity contribution >= 4 is 34.8 Å². The predicted molar refractivity (Wildman–Crippen MR) is 135 cm³/mol. The van der Waals surface area contributed by atoms with Crippen LogP contribution in [0.5, 0.6) is 0 Å². The highest BCUT2D eigenvalue weighted by molar-refractivity contribution is 6.00. The van der Waals surface area contributed by atoms with E-state index in [9.17, 15) is 9.59 Å². The Morgan fingerprint density at radius 2 is 1.97 bits per heavy atom. The molecule has 11 heteroatoms. The second-order valence-electron chi connectivity index (χ2n) is 9.71. The number of nitrogens with zero attached hydrogens (tertiary/aromatic N) is 6. The quantitative estimate of drug-likeness (QED) is 0.481. The van der Waals surface area contributed by atoms with E-state index in [1.54, 1.807) is 6.20 Å². The maximum atomic E-state index is 12.9. The smallest absolute Gasteiger partial charge is 0.273 e. The Labute approximate surface area is 212 Å². The van der Waals surface area contributed by atoms with Crippen LogP contribution >= 0.6 is 0 Å². The van der Waals surface area contributed by atoms with E-state index in [-0.39, 0.29) is 35.1 Å². The third kappa shape index (κ3) is 3.66. The minimum atomic E-state index is -2.72. The van der Waals surface area contributed by atoms with Gasteiger partial charge in [-0.3, -0.25) is 9.59 Å². The molecule has 3 aromatic heterocycles. The number of hydrogen-bond donors (Lipinski definition) is 3. The molecule has 186 valence electrons. The van der Waals surface area contributed by atoms with Gasteiger partial charge in [0.05, 0.1) is 28.8 Å². The van der Waals surface area contributed by atoms with Gasteiger partial charge in [-0.1, -0.05) is 0 Å². The number of anilines is 4. The molecule has 3 aliphatic rings. The first-order chi connectivity index (χ1) is 18.5. The van der Waals surface area contributed by atoms with Gasteiger partial charge in [0.2, 0.25) is 5.91 Å². The summed E-state index contributed by atoms with van der Waals surface area (Å²) in [4.78, 5) is 36.9. The Balaban J connectivity index is 1.41. The molecule has 2 amide bonds. The van der Waals surface area contributed by atoms with Crippen LogP contribution in [-0.2, 0) is 11.8 Å². The van der Waals surface area contributed by atoms with Crippen LogP contribution in [-0.4, -0.2) is 50.6 Å². The molecular weight excluding hydrogens is 458 g/mol. The molecule has 0 spiro atoms. The molecule has 6 rings (SSSR count). The first-order valence-electron chi connectivity index (χ1n) is 13.6. The third-order valence-corrected chi connectivity index (χ3v) is 7.20. The Kier molecular flexibility index (Phi) is 4.42. The average molecular weight is 491 g/mol. The number of fused-ring (bicyclic) bond motifs is 3. The Morgan fingerprint density at radius 1 is 1.17 bits per heavy atom. The van der Waals surface area contributed by atoms with Gasteiger partial charge < -0.3 is 25.4 Å². The molecule has 0 aromatic carbocycles. The maximum absolute atomic E-state index is 12.9. The van der Waals surface area contributed by atoms with Crippen LogP contribution in [0.25, 0.3) is 11.3 Å². The molecule has 1 atom stereocenters. The van der Waals surface area contributed by atoms with E-state index >= 15 is 0 Å². The molecule has 4 heterocycles. The Hall–Kier alpha value is -4.02. The topological polar surface area (TPSA) is 130 Å². The lowest BCUT2D eigenvalue weighted by atomic mass is 9.98. The number of pyridine rings is 1. The normalized spacial score (nSPS) is 19.9. The number of aromatic nitrogens is 5. The molecule has 0 bridgehead atoms. The maximum Gasteiger partial charge on any atom is 0.273 e. The summed E-state index contributed by atoms with van der Waals surface area (Å²) in [6.45, 7) is -0.616. The summed E-state index contributed by atoms with van der Waals surface area (Å²) in [5.74, 6) is 0.970. The van der Waals surface area contributed by atoms with Gasteiger partial charge in [-0.2, -0.15) is 0 Å². The van der Waals surface area contributed by atoms with E-state index in [0.29, 0.717) is 11.7 Å². The molecule has 36 heavy (non-hydrogen) atoms.